The molecule has 3 rings (SSSR count). The molecular weight excluding hydrogens is 300 g/mol. The molecule has 7 heteroatoms. The third-order valence-electron chi connectivity index (χ3n) is 3.57. The van der Waals surface area contributed by atoms with E-state index in [2.05, 4.69) is 4.98 Å². The number of morpholine rings is 1. The number of hydrogen-bond acceptors (Lipinski definition) is 5. The summed E-state index contributed by atoms with van der Waals surface area (Å²) in [5, 5.41) is 9.08. The monoisotopic (exact) mass is 316 g/mol. The van der Waals surface area contributed by atoms with Gasteiger partial charge in [-0.3, -0.25) is 4.79 Å². The maximum atomic E-state index is 12.5. The van der Waals surface area contributed by atoms with Crippen LogP contribution in [0, 0.1) is 0 Å². The second kappa shape index (κ2) is 6.21. The molecular formula is C16H16N2O5. The molecule has 1 aromatic heterocycles. The van der Waals surface area contributed by atoms with Crippen LogP contribution in [0.15, 0.2) is 41.0 Å². The lowest BCUT2D eigenvalue weighted by Crippen LogP contribution is -2.51. The van der Waals surface area contributed by atoms with Crippen molar-refractivity contribution in [2.75, 3.05) is 13.1 Å². The van der Waals surface area contributed by atoms with E-state index in [1.807, 2.05) is 30.3 Å². The Morgan fingerprint density at radius 2 is 2.00 bits per heavy atom. The summed E-state index contributed by atoms with van der Waals surface area (Å²) in [6, 6.07) is 9.23. The van der Waals surface area contributed by atoms with Crippen molar-refractivity contribution in [2.45, 2.75) is 19.1 Å². The van der Waals surface area contributed by atoms with E-state index in [1.54, 1.807) is 6.92 Å². The highest BCUT2D eigenvalue weighted by Gasteiger charge is 2.34. The topological polar surface area (TPSA) is 92.9 Å². The Bertz CT molecular complexity index is 712. The summed E-state index contributed by atoms with van der Waals surface area (Å²) in [4.78, 5) is 29.2. The quantitative estimate of drug-likeness (QED) is 0.925. The number of carboxylic acid groups (broad SMARTS) is 1. The molecule has 2 heterocycles. The number of amides is 1. The number of benzene rings is 1. The summed E-state index contributed by atoms with van der Waals surface area (Å²) >= 11 is 0. The average Bonchev–Trinajstić information content (AvgIpc) is 3.04. The third-order valence-corrected chi connectivity index (χ3v) is 3.57. The first-order valence-corrected chi connectivity index (χ1v) is 7.23. The number of rotatable bonds is 3. The Morgan fingerprint density at radius 3 is 2.70 bits per heavy atom. The van der Waals surface area contributed by atoms with Crippen molar-refractivity contribution in [3.05, 3.63) is 42.3 Å². The van der Waals surface area contributed by atoms with Gasteiger partial charge in [-0.15, -0.1) is 0 Å². The molecule has 1 aromatic carbocycles. The summed E-state index contributed by atoms with van der Waals surface area (Å²) in [6.07, 6.45) is -0.0851. The first-order chi connectivity index (χ1) is 11.0. The van der Waals surface area contributed by atoms with Gasteiger partial charge in [0.15, 0.2) is 11.8 Å². The van der Waals surface area contributed by atoms with Crippen molar-refractivity contribution in [3.63, 3.8) is 0 Å². The van der Waals surface area contributed by atoms with E-state index in [0.717, 1.165) is 5.56 Å². The van der Waals surface area contributed by atoms with E-state index >= 15 is 0 Å². The molecule has 1 amide bonds. The molecule has 1 fully saturated rings. The number of oxazole rings is 1. The van der Waals surface area contributed by atoms with Crippen molar-refractivity contribution < 1.29 is 23.8 Å². The molecule has 2 atom stereocenters. The number of hydrogen-bond donors (Lipinski definition) is 1. The van der Waals surface area contributed by atoms with Crippen LogP contribution in [-0.4, -0.2) is 52.2 Å². The minimum absolute atomic E-state index is 0.00790. The van der Waals surface area contributed by atoms with Gasteiger partial charge in [-0.05, 0) is 19.1 Å². The van der Waals surface area contributed by atoms with Crippen molar-refractivity contribution in [3.8, 4) is 11.5 Å². The van der Waals surface area contributed by atoms with Gasteiger partial charge in [0.05, 0.1) is 12.6 Å². The first-order valence-electron chi connectivity index (χ1n) is 7.23. The molecule has 7 nitrogen and oxygen atoms in total. The molecule has 23 heavy (non-hydrogen) atoms. The van der Waals surface area contributed by atoms with Gasteiger partial charge in [0, 0.05) is 12.1 Å². The van der Waals surface area contributed by atoms with E-state index in [9.17, 15) is 9.59 Å². The lowest BCUT2D eigenvalue weighted by molar-refractivity contribution is -0.160. The second-order valence-corrected chi connectivity index (χ2v) is 5.39. The van der Waals surface area contributed by atoms with E-state index in [0.29, 0.717) is 12.4 Å². The van der Waals surface area contributed by atoms with Crippen molar-refractivity contribution in [1.82, 2.24) is 9.88 Å². The molecule has 1 unspecified atom stereocenters. The zero-order valence-corrected chi connectivity index (χ0v) is 12.5. The number of aliphatic carboxylic acids is 1. The number of nitrogens with zero attached hydrogens (tertiary/aromatic N) is 2. The fraction of sp³-hybridized carbons (Fsp3) is 0.312. The predicted octanol–water partition coefficient (Wildman–Crippen LogP) is 1.66. The molecule has 1 aliphatic rings. The van der Waals surface area contributed by atoms with Crippen molar-refractivity contribution in [1.29, 1.82) is 0 Å². The molecule has 120 valence electrons. The fourth-order valence-electron chi connectivity index (χ4n) is 2.50. The average molecular weight is 316 g/mol. The highest BCUT2D eigenvalue weighted by atomic mass is 16.5. The normalized spacial score (nSPS) is 21.2. The van der Waals surface area contributed by atoms with Crippen molar-refractivity contribution >= 4 is 11.9 Å². The van der Waals surface area contributed by atoms with E-state index in [1.165, 1.54) is 11.2 Å². The van der Waals surface area contributed by atoms with E-state index in [-0.39, 0.29) is 24.2 Å². The molecule has 0 aliphatic carbocycles. The molecule has 0 spiro atoms. The Balaban J connectivity index is 1.78. The van der Waals surface area contributed by atoms with Crippen LogP contribution >= 0.6 is 0 Å². The van der Waals surface area contributed by atoms with Crippen LogP contribution in [0.25, 0.3) is 11.5 Å². The Labute approximate surface area is 132 Å². The van der Waals surface area contributed by atoms with Gasteiger partial charge >= 0.3 is 5.97 Å². The number of carboxylic acids is 1. The van der Waals surface area contributed by atoms with Gasteiger partial charge in [-0.25, -0.2) is 9.78 Å². The van der Waals surface area contributed by atoms with Crippen LogP contribution in [0.5, 0.6) is 0 Å². The highest BCUT2D eigenvalue weighted by molar-refractivity contribution is 5.93. The van der Waals surface area contributed by atoms with E-state index in [4.69, 9.17) is 14.3 Å². The Kier molecular flexibility index (Phi) is 4.12. The molecule has 1 aliphatic heterocycles. The third kappa shape index (κ3) is 3.24. The Hall–Kier alpha value is -2.67. The number of ether oxygens (including phenoxy) is 1. The summed E-state index contributed by atoms with van der Waals surface area (Å²) in [7, 11) is 0. The predicted molar refractivity (Wildman–Crippen MR) is 79.8 cm³/mol. The summed E-state index contributed by atoms with van der Waals surface area (Å²) in [6.45, 7) is 2.04. The van der Waals surface area contributed by atoms with Gasteiger partial charge < -0.3 is 19.2 Å². The lowest BCUT2D eigenvalue weighted by atomic mass is 10.2. The number of carbonyl (C=O) groups excluding carboxylic acids is 1. The Morgan fingerprint density at radius 1 is 1.26 bits per heavy atom. The van der Waals surface area contributed by atoms with Gasteiger partial charge in [0.2, 0.25) is 5.89 Å². The van der Waals surface area contributed by atoms with Crippen LogP contribution in [0.1, 0.15) is 17.4 Å². The zero-order valence-electron chi connectivity index (χ0n) is 12.5. The van der Waals surface area contributed by atoms with Crippen LogP contribution in [-0.2, 0) is 9.53 Å². The lowest BCUT2D eigenvalue weighted by Gasteiger charge is -2.34. The fourth-order valence-corrected chi connectivity index (χ4v) is 2.50. The molecule has 1 saturated heterocycles. The molecule has 1 N–H and O–H groups in total. The maximum Gasteiger partial charge on any atom is 0.334 e. The highest BCUT2D eigenvalue weighted by Crippen LogP contribution is 2.20. The van der Waals surface area contributed by atoms with E-state index < -0.39 is 12.1 Å². The number of carbonyl (C=O) groups is 2. The standard InChI is InChI=1S/C16H16N2O5/c1-10-7-18(8-13(23-10)16(20)21)15(19)12-9-22-14(17-12)11-5-3-2-4-6-11/h2-6,9-10,13H,7-8H2,1H3,(H,20,21)/t10-,13?/m1/s1. The SMILES string of the molecule is C[C@@H]1CN(C(=O)c2coc(-c3ccccc3)n2)CC(C(=O)O)O1. The molecule has 0 bridgehead atoms. The van der Waals surface area contributed by atoms with Gasteiger partial charge in [-0.1, -0.05) is 18.2 Å². The smallest absolute Gasteiger partial charge is 0.334 e. The van der Waals surface area contributed by atoms with Gasteiger partial charge in [0.1, 0.15) is 6.26 Å². The summed E-state index contributed by atoms with van der Waals surface area (Å²) < 4.78 is 10.7. The van der Waals surface area contributed by atoms with Gasteiger partial charge in [-0.2, -0.15) is 0 Å². The maximum absolute atomic E-state index is 12.5. The summed E-state index contributed by atoms with van der Waals surface area (Å²) in [5.74, 6) is -1.10. The van der Waals surface area contributed by atoms with Crippen LogP contribution in [0.3, 0.4) is 0 Å². The second-order valence-electron chi connectivity index (χ2n) is 5.39. The first kappa shape index (κ1) is 15.2. The van der Waals surface area contributed by atoms with Crippen LogP contribution in [0.2, 0.25) is 0 Å². The van der Waals surface area contributed by atoms with Gasteiger partial charge in [0.25, 0.3) is 5.91 Å². The van der Waals surface area contributed by atoms with Crippen LogP contribution < -0.4 is 0 Å². The van der Waals surface area contributed by atoms with Crippen LogP contribution in [0.4, 0.5) is 0 Å². The zero-order chi connectivity index (χ0) is 16.4. The largest absolute Gasteiger partial charge is 0.479 e. The minimum atomic E-state index is -1.08. The number of aromatic nitrogens is 1. The van der Waals surface area contributed by atoms with Crippen molar-refractivity contribution in [2.24, 2.45) is 0 Å². The summed E-state index contributed by atoms with van der Waals surface area (Å²) in [5.41, 5.74) is 0.924. The molecule has 2 aromatic rings. The molecule has 0 radical (unpaired) electrons. The molecule has 0 saturated carbocycles. The minimum Gasteiger partial charge on any atom is -0.479 e.